The number of hydrogen-bond acceptors (Lipinski definition) is 2. The SMILES string of the molecule is CC1NC(=O)CCN(CC(C)c2ccccc2)C1=O. The summed E-state index contributed by atoms with van der Waals surface area (Å²) in [5, 5.41) is 2.70. The van der Waals surface area contributed by atoms with Gasteiger partial charge in [-0.15, -0.1) is 0 Å². The fourth-order valence-electron chi connectivity index (χ4n) is 2.39. The van der Waals surface area contributed by atoms with Gasteiger partial charge in [0.2, 0.25) is 11.8 Å². The first-order valence-corrected chi connectivity index (χ1v) is 6.71. The minimum Gasteiger partial charge on any atom is -0.345 e. The summed E-state index contributed by atoms with van der Waals surface area (Å²) >= 11 is 0. The predicted molar refractivity (Wildman–Crippen MR) is 73.7 cm³/mol. The van der Waals surface area contributed by atoms with Crippen LogP contribution in [0.3, 0.4) is 0 Å². The summed E-state index contributed by atoms with van der Waals surface area (Å²) in [6.07, 6.45) is 0.386. The van der Waals surface area contributed by atoms with Crippen molar-refractivity contribution >= 4 is 11.8 Å². The summed E-state index contributed by atoms with van der Waals surface area (Å²) in [5.74, 6) is 0.231. The molecule has 0 saturated carbocycles. The van der Waals surface area contributed by atoms with Gasteiger partial charge in [-0.3, -0.25) is 9.59 Å². The third-order valence-corrected chi connectivity index (χ3v) is 3.53. The molecule has 1 aromatic carbocycles. The quantitative estimate of drug-likeness (QED) is 0.896. The highest BCUT2D eigenvalue weighted by Crippen LogP contribution is 2.17. The first kappa shape index (κ1) is 13.6. The molecule has 4 nitrogen and oxygen atoms in total. The van der Waals surface area contributed by atoms with E-state index in [2.05, 4.69) is 24.4 Å². The van der Waals surface area contributed by atoms with Crippen LogP contribution < -0.4 is 5.32 Å². The van der Waals surface area contributed by atoms with E-state index in [0.717, 1.165) is 0 Å². The topological polar surface area (TPSA) is 49.4 Å². The molecule has 0 spiro atoms. The Morgan fingerprint density at radius 1 is 1.32 bits per heavy atom. The third-order valence-electron chi connectivity index (χ3n) is 3.53. The fourth-order valence-corrected chi connectivity index (χ4v) is 2.39. The molecule has 0 aromatic heterocycles. The van der Waals surface area contributed by atoms with Crippen LogP contribution in [0.15, 0.2) is 30.3 Å². The fraction of sp³-hybridized carbons (Fsp3) is 0.467. The van der Waals surface area contributed by atoms with Crippen molar-refractivity contribution in [3.63, 3.8) is 0 Å². The van der Waals surface area contributed by atoms with Crippen molar-refractivity contribution in [2.24, 2.45) is 0 Å². The number of benzene rings is 1. The van der Waals surface area contributed by atoms with Gasteiger partial charge in [0, 0.05) is 19.5 Å². The molecule has 1 aromatic rings. The normalized spacial score (nSPS) is 21.8. The van der Waals surface area contributed by atoms with Crippen LogP contribution in [0.5, 0.6) is 0 Å². The summed E-state index contributed by atoms with van der Waals surface area (Å²) in [5.41, 5.74) is 1.21. The van der Waals surface area contributed by atoms with E-state index in [1.807, 2.05) is 18.2 Å². The number of amides is 2. The molecule has 19 heavy (non-hydrogen) atoms. The van der Waals surface area contributed by atoms with Crippen molar-refractivity contribution < 1.29 is 9.59 Å². The zero-order valence-corrected chi connectivity index (χ0v) is 11.4. The second-order valence-corrected chi connectivity index (χ2v) is 5.14. The molecule has 1 fully saturated rings. The van der Waals surface area contributed by atoms with Gasteiger partial charge in [-0.25, -0.2) is 0 Å². The van der Waals surface area contributed by atoms with E-state index in [4.69, 9.17) is 0 Å². The van der Waals surface area contributed by atoms with Gasteiger partial charge in [0.25, 0.3) is 0 Å². The first-order valence-electron chi connectivity index (χ1n) is 6.71. The molecule has 2 unspecified atom stereocenters. The molecular weight excluding hydrogens is 240 g/mol. The Morgan fingerprint density at radius 3 is 2.68 bits per heavy atom. The van der Waals surface area contributed by atoms with Crippen molar-refractivity contribution in [1.29, 1.82) is 0 Å². The first-order chi connectivity index (χ1) is 9.08. The summed E-state index contributed by atoms with van der Waals surface area (Å²) in [4.78, 5) is 25.4. The number of nitrogens with one attached hydrogen (secondary N) is 1. The van der Waals surface area contributed by atoms with E-state index in [-0.39, 0.29) is 17.7 Å². The molecule has 0 radical (unpaired) electrons. The maximum absolute atomic E-state index is 12.2. The highest BCUT2D eigenvalue weighted by atomic mass is 16.2. The van der Waals surface area contributed by atoms with Gasteiger partial charge < -0.3 is 10.2 Å². The average Bonchev–Trinajstić information content (AvgIpc) is 2.53. The molecule has 2 atom stereocenters. The summed E-state index contributed by atoms with van der Waals surface area (Å²) < 4.78 is 0. The lowest BCUT2D eigenvalue weighted by molar-refractivity contribution is -0.133. The van der Waals surface area contributed by atoms with Gasteiger partial charge in [0.15, 0.2) is 0 Å². The maximum Gasteiger partial charge on any atom is 0.244 e. The minimum atomic E-state index is -0.419. The Kier molecular flexibility index (Phi) is 4.20. The van der Waals surface area contributed by atoms with Crippen molar-refractivity contribution in [1.82, 2.24) is 10.2 Å². The van der Waals surface area contributed by atoms with Gasteiger partial charge in [-0.2, -0.15) is 0 Å². The number of nitrogens with zero attached hydrogens (tertiary/aromatic N) is 1. The molecule has 1 saturated heterocycles. The summed E-state index contributed by atoms with van der Waals surface area (Å²) in [7, 11) is 0. The van der Waals surface area contributed by atoms with Crippen LogP contribution in [0, 0.1) is 0 Å². The maximum atomic E-state index is 12.2. The van der Waals surface area contributed by atoms with Gasteiger partial charge in [0.1, 0.15) is 6.04 Å². The molecule has 1 aliphatic heterocycles. The lowest BCUT2D eigenvalue weighted by Gasteiger charge is -2.25. The Bertz CT molecular complexity index is 458. The third kappa shape index (κ3) is 3.34. The second kappa shape index (κ2) is 5.87. The van der Waals surface area contributed by atoms with Crippen LogP contribution in [-0.4, -0.2) is 35.8 Å². The molecule has 102 valence electrons. The van der Waals surface area contributed by atoms with Crippen LogP contribution in [0.2, 0.25) is 0 Å². The monoisotopic (exact) mass is 260 g/mol. The number of rotatable bonds is 3. The zero-order valence-electron chi connectivity index (χ0n) is 11.4. The van der Waals surface area contributed by atoms with E-state index >= 15 is 0 Å². The van der Waals surface area contributed by atoms with Crippen molar-refractivity contribution in [2.45, 2.75) is 32.2 Å². The van der Waals surface area contributed by atoms with Crippen LogP contribution in [0.25, 0.3) is 0 Å². The number of carbonyl (C=O) groups excluding carboxylic acids is 2. The second-order valence-electron chi connectivity index (χ2n) is 5.14. The van der Waals surface area contributed by atoms with Crippen LogP contribution in [0.4, 0.5) is 0 Å². The lowest BCUT2D eigenvalue weighted by atomic mass is 10.0. The Hall–Kier alpha value is -1.84. The lowest BCUT2D eigenvalue weighted by Crippen LogP contribution is -2.43. The molecule has 2 rings (SSSR count). The van der Waals surface area contributed by atoms with Gasteiger partial charge in [-0.05, 0) is 18.4 Å². The zero-order chi connectivity index (χ0) is 13.8. The molecule has 0 aliphatic carbocycles. The smallest absolute Gasteiger partial charge is 0.244 e. The molecular formula is C15H20N2O2. The van der Waals surface area contributed by atoms with Gasteiger partial charge in [-0.1, -0.05) is 37.3 Å². The van der Waals surface area contributed by atoms with E-state index in [1.54, 1.807) is 11.8 Å². The number of carbonyl (C=O) groups is 2. The molecule has 4 heteroatoms. The van der Waals surface area contributed by atoms with Crippen molar-refractivity contribution in [3.8, 4) is 0 Å². The molecule has 1 N–H and O–H groups in total. The summed E-state index contributed by atoms with van der Waals surface area (Å²) in [6.45, 7) is 5.01. The van der Waals surface area contributed by atoms with E-state index < -0.39 is 6.04 Å². The Morgan fingerprint density at radius 2 is 2.00 bits per heavy atom. The average molecular weight is 260 g/mol. The molecule has 1 aliphatic rings. The molecule has 1 heterocycles. The highest BCUT2D eigenvalue weighted by molar-refractivity contribution is 5.89. The van der Waals surface area contributed by atoms with Crippen LogP contribution >= 0.6 is 0 Å². The minimum absolute atomic E-state index is 0.00799. The predicted octanol–water partition coefficient (Wildman–Crippen LogP) is 1.53. The van der Waals surface area contributed by atoms with E-state index in [9.17, 15) is 9.59 Å². The molecule has 0 bridgehead atoms. The Balaban J connectivity index is 2.05. The van der Waals surface area contributed by atoms with Crippen molar-refractivity contribution in [3.05, 3.63) is 35.9 Å². The van der Waals surface area contributed by atoms with Crippen molar-refractivity contribution in [2.75, 3.05) is 13.1 Å². The number of hydrogen-bond donors (Lipinski definition) is 1. The van der Waals surface area contributed by atoms with Crippen LogP contribution in [0.1, 0.15) is 31.7 Å². The Labute approximate surface area is 113 Å². The van der Waals surface area contributed by atoms with Crippen LogP contribution in [-0.2, 0) is 9.59 Å². The van der Waals surface area contributed by atoms with Gasteiger partial charge >= 0.3 is 0 Å². The standard InChI is InChI=1S/C15H20N2O2/c1-11(13-6-4-3-5-7-13)10-17-9-8-14(18)16-12(2)15(17)19/h3-7,11-12H,8-10H2,1-2H3,(H,16,18). The van der Waals surface area contributed by atoms with Gasteiger partial charge in [0.05, 0.1) is 0 Å². The molecule has 2 amide bonds. The van der Waals surface area contributed by atoms with E-state index in [0.29, 0.717) is 19.5 Å². The van der Waals surface area contributed by atoms with E-state index in [1.165, 1.54) is 5.56 Å². The largest absolute Gasteiger partial charge is 0.345 e. The highest BCUT2D eigenvalue weighted by Gasteiger charge is 2.27. The summed E-state index contributed by atoms with van der Waals surface area (Å²) in [6, 6.07) is 9.71.